The second-order valence-corrected chi connectivity index (χ2v) is 11.2. The Morgan fingerprint density at radius 1 is 0.732 bits per heavy atom. The lowest BCUT2D eigenvalue weighted by Crippen LogP contribution is -2.51. The van der Waals surface area contributed by atoms with Crippen molar-refractivity contribution in [3.05, 3.63) is 102 Å². The third-order valence-corrected chi connectivity index (χ3v) is 8.62. The lowest BCUT2D eigenvalue weighted by molar-refractivity contribution is 0.0577. The van der Waals surface area contributed by atoms with Gasteiger partial charge < -0.3 is 14.7 Å². The quantitative estimate of drug-likeness (QED) is 0.293. The van der Waals surface area contributed by atoms with Crippen molar-refractivity contribution in [2.24, 2.45) is 0 Å². The van der Waals surface area contributed by atoms with Gasteiger partial charge in [0.05, 0.1) is 17.0 Å². The van der Waals surface area contributed by atoms with Gasteiger partial charge in [0, 0.05) is 67.6 Å². The minimum absolute atomic E-state index is 0.0554. The van der Waals surface area contributed by atoms with Gasteiger partial charge in [0.1, 0.15) is 0 Å². The van der Waals surface area contributed by atoms with Gasteiger partial charge in [0.2, 0.25) is 0 Å². The standard InChI is InChI=1S/C34H38N6O/c1-25-32(26(2)37-33(36-25)27-13-19-35-20-14-27)34(41)39-23-15-28(16-24-39)38-21-17-31(18-22-38)40(29-9-5-3-6-10-29)30-11-7-4-8-12-30/h3-14,19-20,28,31H,15-18,21-24H2,1-2H3. The van der Waals surface area contributed by atoms with Crippen molar-refractivity contribution in [3.63, 3.8) is 0 Å². The topological polar surface area (TPSA) is 65.5 Å². The molecule has 0 bridgehead atoms. The molecule has 0 atom stereocenters. The molecule has 6 rings (SSSR count). The van der Waals surface area contributed by atoms with Crippen LogP contribution in [0.4, 0.5) is 11.4 Å². The molecular formula is C34H38N6O. The summed E-state index contributed by atoms with van der Waals surface area (Å²) >= 11 is 0. The van der Waals surface area contributed by atoms with Crippen molar-refractivity contribution in [1.29, 1.82) is 0 Å². The van der Waals surface area contributed by atoms with E-state index < -0.39 is 0 Å². The van der Waals surface area contributed by atoms with Gasteiger partial charge in [0.25, 0.3) is 5.91 Å². The predicted octanol–water partition coefficient (Wildman–Crippen LogP) is 6.06. The Bertz CT molecular complexity index is 1380. The number of likely N-dealkylation sites (tertiary alicyclic amines) is 2. The van der Waals surface area contributed by atoms with Gasteiger partial charge in [0.15, 0.2) is 5.82 Å². The second-order valence-electron chi connectivity index (χ2n) is 11.2. The molecule has 2 fully saturated rings. The van der Waals surface area contributed by atoms with E-state index >= 15 is 0 Å². The van der Waals surface area contributed by atoms with Crippen molar-refractivity contribution in [1.82, 2.24) is 24.8 Å². The molecule has 4 heterocycles. The maximum atomic E-state index is 13.6. The second kappa shape index (κ2) is 12.2. The fraction of sp³-hybridized carbons (Fsp3) is 0.353. The number of rotatable bonds is 6. The van der Waals surface area contributed by atoms with E-state index in [1.54, 1.807) is 12.4 Å². The molecule has 4 aromatic rings. The number of amides is 1. The van der Waals surface area contributed by atoms with Crippen molar-refractivity contribution >= 4 is 17.3 Å². The first kappa shape index (κ1) is 27.1. The number of pyridine rings is 1. The van der Waals surface area contributed by atoms with Crippen LogP contribution in [0.3, 0.4) is 0 Å². The van der Waals surface area contributed by atoms with Gasteiger partial charge in [-0.25, -0.2) is 9.97 Å². The number of nitrogens with zero attached hydrogens (tertiary/aromatic N) is 6. The molecule has 0 radical (unpaired) electrons. The highest BCUT2D eigenvalue weighted by molar-refractivity contribution is 5.96. The summed E-state index contributed by atoms with van der Waals surface area (Å²) in [5.41, 5.74) is 5.54. The maximum Gasteiger partial charge on any atom is 0.257 e. The normalized spacial score (nSPS) is 17.0. The first-order valence-corrected chi connectivity index (χ1v) is 14.8. The average molecular weight is 547 g/mol. The van der Waals surface area contributed by atoms with Crippen LogP contribution < -0.4 is 4.90 Å². The molecule has 1 amide bonds. The van der Waals surface area contributed by atoms with Crippen LogP contribution in [0.5, 0.6) is 0 Å². The Kier molecular flexibility index (Phi) is 8.05. The molecule has 7 heteroatoms. The van der Waals surface area contributed by atoms with E-state index in [1.165, 1.54) is 11.4 Å². The zero-order valence-electron chi connectivity index (χ0n) is 24.0. The fourth-order valence-electron chi connectivity index (χ4n) is 6.51. The van der Waals surface area contributed by atoms with Crippen molar-refractivity contribution in [3.8, 4) is 11.4 Å². The Morgan fingerprint density at radius 3 is 1.80 bits per heavy atom. The number of hydrogen-bond acceptors (Lipinski definition) is 6. The van der Waals surface area contributed by atoms with Gasteiger partial charge in [-0.1, -0.05) is 36.4 Å². The molecule has 0 saturated carbocycles. The van der Waals surface area contributed by atoms with Crippen molar-refractivity contribution in [2.45, 2.75) is 51.6 Å². The van der Waals surface area contributed by atoms with Gasteiger partial charge in [-0.2, -0.15) is 0 Å². The molecule has 2 aliphatic rings. The van der Waals surface area contributed by atoms with Crippen LogP contribution in [0.25, 0.3) is 11.4 Å². The molecule has 0 N–H and O–H groups in total. The molecule has 2 aromatic heterocycles. The van der Waals surface area contributed by atoms with E-state index in [1.807, 2.05) is 30.9 Å². The summed E-state index contributed by atoms with van der Waals surface area (Å²) in [5.74, 6) is 0.693. The molecular weight excluding hydrogens is 508 g/mol. The van der Waals surface area contributed by atoms with Crippen LogP contribution in [0.15, 0.2) is 85.2 Å². The van der Waals surface area contributed by atoms with E-state index in [4.69, 9.17) is 0 Å². The van der Waals surface area contributed by atoms with Crippen molar-refractivity contribution in [2.75, 3.05) is 31.1 Å². The molecule has 2 aromatic carbocycles. The van der Waals surface area contributed by atoms with Crippen LogP contribution in [0, 0.1) is 13.8 Å². The monoisotopic (exact) mass is 546 g/mol. The van der Waals surface area contributed by atoms with Crippen LogP contribution >= 0.6 is 0 Å². The maximum absolute atomic E-state index is 13.6. The minimum atomic E-state index is 0.0554. The molecule has 2 saturated heterocycles. The number of aryl methyl sites for hydroxylation is 2. The highest BCUT2D eigenvalue weighted by atomic mass is 16.2. The number of aromatic nitrogens is 3. The summed E-state index contributed by atoms with van der Waals surface area (Å²) in [4.78, 5) is 34.2. The highest BCUT2D eigenvalue weighted by Crippen LogP contribution is 2.33. The number of carbonyl (C=O) groups excluding carboxylic acids is 1. The van der Waals surface area contributed by atoms with Crippen LogP contribution in [0.1, 0.15) is 47.4 Å². The number of carbonyl (C=O) groups is 1. The van der Waals surface area contributed by atoms with E-state index in [-0.39, 0.29) is 5.91 Å². The Balaban J connectivity index is 1.07. The summed E-state index contributed by atoms with van der Waals surface area (Å²) in [6.07, 6.45) is 7.73. The third-order valence-electron chi connectivity index (χ3n) is 8.62. The number of anilines is 2. The molecule has 0 unspecified atom stereocenters. The van der Waals surface area contributed by atoms with E-state index in [9.17, 15) is 4.79 Å². The lowest BCUT2D eigenvalue weighted by atomic mass is 9.96. The summed E-state index contributed by atoms with van der Waals surface area (Å²) in [6.45, 7) is 7.54. The Hall–Kier alpha value is -4.10. The van der Waals surface area contributed by atoms with Gasteiger partial charge in [-0.3, -0.25) is 9.78 Å². The molecule has 210 valence electrons. The third kappa shape index (κ3) is 5.86. The molecule has 2 aliphatic heterocycles. The average Bonchev–Trinajstić information content (AvgIpc) is 3.03. The zero-order chi connectivity index (χ0) is 28.2. The smallest absolute Gasteiger partial charge is 0.257 e. The van der Waals surface area contributed by atoms with Crippen LogP contribution in [-0.2, 0) is 0 Å². The van der Waals surface area contributed by atoms with E-state index in [0.717, 1.165) is 68.8 Å². The minimum Gasteiger partial charge on any atom is -0.338 e. The fourth-order valence-corrected chi connectivity index (χ4v) is 6.51. The Morgan fingerprint density at radius 2 is 1.27 bits per heavy atom. The molecule has 7 nitrogen and oxygen atoms in total. The van der Waals surface area contributed by atoms with Crippen LogP contribution in [-0.4, -0.2) is 68.9 Å². The van der Waals surface area contributed by atoms with E-state index in [2.05, 4.69) is 85.4 Å². The Labute approximate surface area is 242 Å². The molecule has 41 heavy (non-hydrogen) atoms. The summed E-state index contributed by atoms with van der Waals surface area (Å²) in [7, 11) is 0. The first-order chi connectivity index (χ1) is 20.1. The van der Waals surface area contributed by atoms with Crippen LogP contribution in [0.2, 0.25) is 0 Å². The van der Waals surface area contributed by atoms with Gasteiger partial charge >= 0.3 is 0 Å². The zero-order valence-corrected chi connectivity index (χ0v) is 24.0. The first-order valence-electron chi connectivity index (χ1n) is 14.8. The molecule has 0 aliphatic carbocycles. The number of benzene rings is 2. The summed E-state index contributed by atoms with van der Waals surface area (Å²) < 4.78 is 0. The van der Waals surface area contributed by atoms with Gasteiger partial charge in [-0.15, -0.1) is 0 Å². The summed E-state index contributed by atoms with van der Waals surface area (Å²) in [5, 5.41) is 0. The lowest BCUT2D eigenvalue weighted by Gasteiger charge is -2.44. The molecule has 0 spiro atoms. The summed E-state index contributed by atoms with van der Waals surface area (Å²) in [6, 6.07) is 26.3. The van der Waals surface area contributed by atoms with Gasteiger partial charge in [-0.05, 0) is 75.9 Å². The predicted molar refractivity (Wildman–Crippen MR) is 163 cm³/mol. The number of piperidine rings is 2. The van der Waals surface area contributed by atoms with Crippen molar-refractivity contribution < 1.29 is 4.79 Å². The SMILES string of the molecule is Cc1nc(-c2ccncc2)nc(C)c1C(=O)N1CCC(N2CCC(N(c3ccccc3)c3ccccc3)CC2)CC1. The number of para-hydroxylation sites is 2. The highest BCUT2D eigenvalue weighted by Gasteiger charge is 2.33. The number of hydrogen-bond donors (Lipinski definition) is 0. The largest absolute Gasteiger partial charge is 0.338 e. The van der Waals surface area contributed by atoms with E-state index in [0.29, 0.717) is 23.5 Å².